The van der Waals surface area contributed by atoms with Gasteiger partial charge in [0, 0.05) is 18.0 Å². The first-order valence-electron chi connectivity index (χ1n) is 6.79. The van der Waals surface area contributed by atoms with Crippen LogP contribution >= 0.6 is 22.9 Å². The lowest BCUT2D eigenvalue weighted by molar-refractivity contribution is 0.0798. The summed E-state index contributed by atoms with van der Waals surface area (Å²) in [6.45, 7) is 1.53. The fourth-order valence-corrected chi connectivity index (χ4v) is 4.32. The molecule has 4 heteroatoms. The molecule has 1 fully saturated rings. The minimum Gasteiger partial charge on any atom is -0.336 e. The lowest BCUT2D eigenvalue weighted by atomic mass is 10.1. The third kappa shape index (κ3) is 2.43. The van der Waals surface area contributed by atoms with Crippen molar-refractivity contribution < 1.29 is 4.79 Å². The van der Waals surface area contributed by atoms with Gasteiger partial charge in [0.05, 0.1) is 10.3 Å². The van der Waals surface area contributed by atoms with Gasteiger partial charge in [-0.15, -0.1) is 22.9 Å². The topological polar surface area (TPSA) is 20.3 Å². The highest BCUT2D eigenvalue weighted by Gasteiger charge is 2.27. The monoisotopic (exact) mass is 283 g/mol. The van der Waals surface area contributed by atoms with Gasteiger partial charge in [-0.1, -0.05) is 6.42 Å². The predicted molar refractivity (Wildman–Crippen MR) is 75.7 cm³/mol. The van der Waals surface area contributed by atoms with Crippen LogP contribution in [0.5, 0.6) is 0 Å². The van der Waals surface area contributed by atoms with Gasteiger partial charge in [0.1, 0.15) is 0 Å². The summed E-state index contributed by atoms with van der Waals surface area (Å²) in [6.07, 6.45) is 7.10. The molecular formula is C14H18ClNOS. The van der Waals surface area contributed by atoms with Crippen LogP contribution in [0.3, 0.4) is 0 Å². The standard InChI is InChI=1S/C14H18ClNOS/c15-11-6-7-16(9-11)14(17)13-8-10-4-2-1-3-5-12(10)18-13/h8,11H,1-7,9H2. The van der Waals surface area contributed by atoms with E-state index in [0.717, 1.165) is 30.7 Å². The van der Waals surface area contributed by atoms with Gasteiger partial charge in [0.15, 0.2) is 0 Å². The zero-order chi connectivity index (χ0) is 12.5. The Kier molecular flexibility index (Phi) is 3.62. The second-order valence-electron chi connectivity index (χ2n) is 5.26. The Morgan fingerprint density at radius 1 is 1.33 bits per heavy atom. The van der Waals surface area contributed by atoms with Crippen LogP contribution in [0.2, 0.25) is 0 Å². The van der Waals surface area contributed by atoms with Crippen molar-refractivity contribution >= 4 is 28.8 Å². The molecule has 3 rings (SSSR count). The summed E-state index contributed by atoms with van der Waals surface area (Å²) < 4.78 is 0. The molecule has 18 heavy (non-hydrogen) atoms. The molecule has 1 aromatic rings. The molecule has 1 aliphatic heterocycles. The molecule has 0 bridgehead atoms. The number of carbonyl (C=O) groups is 1. The maximum atomic E-state index is 12.4. The molecule has 1 amide bonds. The number of hydrogen-bond acceptors (Lipinski definition) is 2. The highest BCUT2D eigenvalue weighted by molar-refractivity contribution is 7.14. The number of carbonyl (C=O) groups excluding carboxylic acids is 1. The number of nitrogens with zero attached hydrogens (tertiary/aromatic N) is 1. The molecule has 1 aromatic heterocycles. The third-order valence-corrected chi connectivity index (χ3v) is 5.46. The van der Waals surface area contributed by atoms with E-state index in [0.29, 0.717) is 6.54 Å². The molecule has 1 saturated heterocycles. The van der Waals surface area contributed by atoms with Crippen LogP contribution in [-0.4, -0.2) is 29.3 Å². The van der Waals surface area contributed by atoms with E-state index in [-0.39, 0.29) is 11.3 Å². The molecule has 0 saturated carbocycles. The van der Waals surface area contributed by atoms with Crippen molar-refractivity contribution in [2.75, 3.05) is 13.1 Å². The molecule has 2 aliphatic rings. The lowest BCUT2D eigenvalue weighted by Crippen LogP contribution is -2.28. The SMILES string of the molecule is O=C(c1cc2c(s1)CCCCC2)N1CCC(Cl)C1. The van der Waals surface area contributed by atoms with E-state index in [1.54, 1.807) is 11.3 Å². The number of thiophene rings is 1. The minimum atomic E-state index is 0.145. The van der Waals surface area contributed by atoms with Crippen LogP contribution in [0.25, 0.3) is 0 Å². The normalized spacial score (nSPS) is 23.8. The van der Waals surface area contributed by atoms with E-state index >= 15 is 0 Å². The highest BCUT2D eigenvalue weighted by atomic mass is 35.5. The fraction of sp³-hybridized carbons (Fsp3) is 0.643. The Labute approximate surface area is 117 Å². The molecule has 0 N–H and O–H groups in total. The molecule has 2 heterocycles. The van der Waals surface area contributed by atoms with Crippen molar-refractivity contribution in [2.24, 2.45) is 0 Å². The van der Waals surface area contributed by atoms with E-state index in [1.165, 1.54) is 29.7 Å². The number of fused-ring (bicyclic) bond motifs is 1. The quantitative estimate of drug-likeness (QED) is 0.571. The van der Waals surface area contributed by atoms with E-state index in [1.807, 2.05) is 4.90 Å². The Morgan fingerprint density at radius 3 is 2.94 bits per heavy atom. The van der Waals surface area contributed by atoms with E-state index in [4.69, 9.17) is 11.6 Å². The summed E-state index contributed by atoms with van der Waals surface area (Å²) in [5, 5.41) is 0.145. The largest absolute Gasteiger partial charge is 0.336 e. The highest BCUT2D eigenvalue weighted by Crippen LogP contribution is 2.30. The Hall–Kier alpha value is -0.540. The number of amides is 1. The van der Waals surface area contributed by atoms with E-state index < -0.39 is 0 Å². The molecular weight excluding hydrogens is 266 g/mol. The summed E-state index contributed by atoms with van der Waals surface area (Å²) in [6, 6.07) is 2.13. The summed E-state index contributed by atoms with van der Waals surface area (Å²) in [5.41, 5.74) is 1.42. The summed E-state index contributed by atoms with van der Waals surface area (Å²) in [4.78, 5) is 16.6. The van der Waals surface area contributed by atoms with Gasteiger partial charge >= 0.3 is 0 Å². The van der Waals surface area contributed by atoms with Crippen LogP contribution in [0, 0.1) is 0 Å². The third-order valence-electron chi connectivity index (χ3n) is 3.88. The minimum absolute atomic E-state index is 0.145. The van der Waals surface area contributed by atoms with Gasteiger partial charge in [-0.3, -0.25) is 4.79 Å². The van der Waals surface area contributed by atoms with Crippen molar-refractivity contribution in [2.45, 2.75) is 43.9 Å². The zero-order valence-electron chi connectivity index (χ0n) is 10.5. The summed E-state index contributed by atoms with van der Waals surface area (Å²) in [7, 11) is 0. The van der Waals surface area contributed by atoms with Crippen molar-refractivity contribution in [3.05, 3.63) is 21.4 Å². The number of hydrogen-bond donors (Lipinski definition) is 0. The molecule has 1 aliphatic carbocycles. The predicted octanol–water partition coefficient (Wildman–Crippen LogP) is 3.47. The van der Waals surface area contributed by atoms with Crippen LogP contribution in [0.15, 0.2) is 6.07 Å². The lowest BCUT2D eigenvalue weighted by Gasteiger charge is -2.13. The maximum Gasteiger partial charge on any atom is 0.263 e. The second-order valence-corrected chi connectivity index (χ2v) is 7.01. The number of rotatable bonds is 1. The first-order chi connectivity index (χ1) is 8.74. The first kappa shape index (κ1) is 12.5. The van der Waals surface area contributed by atoms with E-state index in [2.05, 4.69) is 6.07 Å². The first-order valence-corrected chi connectivity index (χ1v) is 8.04. The second kappa shape index (κ2) is 5.22. The van der Waals surface area contributed by atoms with Gasteiger partial charge in [-0.25, -0.2) is 0 Å². The smallest absolute Gasteiger partial charge is 0.263 e. The van der Waals surface area contributed by atoms with Crippen molar-refractivity contribution in [3.8, 4) is 0 Å². The average molecular weight is 284 g/mol. The molecule has 2 nitrogen and oxygen atoms in total. The van der Waals surface area contributed by atoms with Gasteiger partial charge < -0.3 is 4.90 Å². The number of aryl methyl sites for hydroxylation is 2. The van der Waals surface area contributed by atoms with Crippen molar-refractivity contribution in [3.63, 3.8) is 0 Å². The van der Waals surface area contributed by atoms with Crippen LogP contribution in [0.1, 0.15) is 45.8 Å². The van der Waals surface area contributed by atoms with Crippen LogP contribution in [0.4, 0.5) is 0 Å². The number of likely N-dealkylation sites (tertiary alicyclic amines) is 1. The maximum absolute atomic E-state index is 12.4. The van der Waals surface area contributed by atoms with E-state index in [9.17, 15) is 4.79 Å². The molecule has 1 atom stereocenters. The average Bonchev–Trinajstić information content (AvgIpc) is 2.90. The number of halogens is 1. The summed E-state index contributed by atoms with van der Waals surface area (Å²) in [5.74, 6) is 0.191. The van der Waals surface area contributed by atoms with Crippen LogP contribution in [-0.2, 0) is 12.8 Å². The molecule has 0 spiro atoms. The molecule has 98 valence electrons. The van der Waals surface area contributed by atoms with Gasteiger partial charge in [-0.2, -0.15) is 0 Å². The van der Waals surface area contributed by atoms with Crippen molar-refractivity contribution in [1.29, 1.82) is 0 Å². The van der Waals surface area contributed by atoms with Gasteiger partial charge in [0.2, 0.25) is 0 Å². The fourth-order valence-electron chi connectivity index (χ4n) is 2.83. The Morgan fingerprint density at radius 2 is 2.17 bits per heavy atom. The Balaban J connectivity index is 1.78. The number of alkyl halides is 1. The summed E-state index contributed by atoms with van der Waals surface area (Å²) >= 11 is 7.78. The Bertz CT molecular complexity index is 433. The molecule has 0 aromatic carbocycles. The van der Waals surface area contributed by atoms with Gasteiger partial charge in [0.25, 0.3) is 5.91 Å². The van der Waals surface area contributed by atoms with Crippen LogP contribution < -0.4 is 0 Å². The molecule has 0 radical (unpaired) electrons. The van der Waals surface area contributed by atoms with Gasteiger partial charge in [-0.05, 0) is 43.7 Å². The zero-order valence-corrected chi connectivity index (χ0v) is 12.0. The van der Waals surface area contributed by atoms with Crippen molar-refractivity contribution in [1.82, 2.24) is 4.90 Å². The molecule has 1 unspecified atom stereocenters.